The quantitative estimate of drug-likeness (QED) is 0.450. The highest BCUT2D eigenvalue weighted by atomic mass is 16.5. The summed E-state index contributed by atoms with van der Waals surface area (Å²) < 4.78 is 11.2. The van der Waals surface area contributed by atoms with Crippen molar-refractivity contribution in [2.75, 3.05) is 13.7 Å². The molecular weight excluding hydrogens is 414 g/mol. The van der Waals surface area contributed by atoms with E-state index in [0.717, 1.165) is 5.56 Å². The number of hydrogen-bond donors (Lipinski definition) is 2. The van der Waals surface area contributed by atoms with Gasteiger partial charge in [-0.1, -0.05) is 6.07 Å². The molecule has 32 heavy (non-hydrogen) atoms. The van der Waals surface area contributed by atoms with Gasteiger partial charge in [-0.2, -0.15) is 0 Å². The van der Waals surface area contributed by atoms with E-state index in [2.05, 4.69) is 27.3 Å². The number of pyridine rings is 1. The number of furan rings is 1. The van der Waals surface area contributed by atoms with Crippen molar-refractivity contribution in [3.8, 4) is 5.75 Å². The zero-order valence-corrected chi connectivity index (χ0v) is 17.2. The summed E-state index contributed by atoms with van der Waals surface area (Å²) in [4.78, 5) is 47.9. The van der Waals surface area contributed by atoms with E-state index in [1.54, 1.807) is 30.5 Å². The lowest BCUT2D eigenvalue weighted by molar-refractivity contribution is -0.125. The Labute approximate surface area is 182 Å². The van der Waals surface area contributed by atoms with Crippen molar-refractivity contribution in [1.82, 2.24) is 20.5 Å². The van der Waals surface area contributed by atoms with Crippen LogP contribution in [0.15, 0.2) is 45.9 Å². The molecule has 1 atom stereocenters. The fourth-order valence-corrected chi connectivity index (χ4v) is 4.20. The number of imide groups is 1. The van der Waals surface area contributed by atoms with Crippen LogP contribution < -0.4 is 15.4 Å². The Morgan fingerprint density at radius 3 is 2.84 bits per heavy atom. The molecule has 2 aliphatic rings. The zero-order valence-electron chi connectivity index (χ0n) is 17.2. The van der Waals surface area contributed by atoms with Crippen molar-refractivity contribution >= 4 is 35.5 Å². The molecule has 1 saturated heterocycles. The summed E-state index contributed by atoms with van der Waals surface area (Å²) in [5, 5.41) is 5.60. The first-order valence-corrected chi connectivity index (χ1v) is 9.85. The maximum Gasteiger partial charge on any atom is 0.322 e. The third-order valence-electron chi connectivity index (χ3n) is 5.78. The number of fused-ring (bicyclic) bond motifs is 2. The van der Waals surface area contributed by atoms with E-state index in [9.17, 15) is 14.4 Å². The summed E-state index contributed by atoms with van der Waals surface area (Å²) in [6, 6.07) is 7.91. The number of hydrogen-bond acceptors (Lipinski definition) is 7. The molecule has 1 unspecified atom stereocenters. The normalized spacial score (nSPS) is 19.8. The van der Waals surface area contributed by atoms with Gasteiger partial charge in [0.1, 0.15) is 17.1 Å². The SMILES string of the molecule is C=NCc1nccc2oc(C3(CN4Cc5ccc(OC)cc5C4=O)NC(=O)NC3=O)cc12. The summed E-state index contributed by atoms with van der Waals surface area (Å²) in [5.74, 6) is -0.0926. The maximum atomic E-state index is 13.1. The van der Waals surface area contributed by atoms with Crippen LogP contribution in [0.3, 0.4) is 0 Å². The second-order valence-electron chi connectivity index (χ2n) is 7.66. The molecule has 1 fully saturated rings. The molecule has 0 bridgehead atoms. The van der Waals surface area contributed by atoms with Gasteiger partial charge < -0.3 is 19.4 Å². The van der Waals surface area contributed by atoms with E-state index in [1.807, 2.05) is 6.07 Å². The van der Waals surface area contributed by atoms with Crippen molar-refractivity contribution in [2.45, 2.75) is 18.6 Å². The lowest BCUT2D eigenvalue weighted by atomic mass is 9.95. The van der Waals surface area contributed by atoms with Gasteiger partial charge in [0.25, 0.3) is 11.8 Å². The first kappa shape index (κ1) is 19.7. The Balaban J connectivity index is 1.56. The number of benzene rings is 1. The summed E-state index contributed by atoms with van der Waals surface area (Å²) in [6.07, 6.45) is 1.57. The molecule has 0 radical (unpaired) electrons. The van der Waals surface area contributed by atoms with Crippen LogP contribution in [-0.2, 0) is 23.4 Å². The number of carbonyl (C=O) groups excluding carboxylic acids is 3. The van der Waals surface area contributed by atoms with Crippen LogP contribution in [0, 0.1) is 0 Å². The van der Waals surface area contributed by atoms with Gasteiger partial charge in [0.05, 0.1) is 25.9 Å². The van der Waals surface area contributed by atoms with Gasteiger partial charge in [0, 0.05) is 23.7 Å². The molecule has 3 aromatic rings. The average Bonchev–Trinajstić information content (AvgIpc) is 3.43. The van der Waals surface area contributed by atoms with Crippen LogP contribution in [0.1, 0.15) is 27.4 Å². The van der Waals surface area contributed by atoms with Crippen molar-refractivity contribution in [1.29, 1.82) is 0 Å². The highest BCUT2D eigenvalue weighted by Gasteiger charge is 2.53. The molecule has 0 saturated carbocycles. The highest BCUT2D eigenvalue weighted by molar-refractivity contribution is 6.08. The fraction of sp³-hybridized carbons (Fsp3) is 0.227. The molecule has 4 amide bonds. The first-order chi connectivity index (χ1) is 15.4. The van der Waals surface area contributed by atoms with Gasteiger partial charge in [-0.25, -0.2) is 4.79 Å². The molecule has 2 aliphatic heterocycles. The Bertz CT molecular complexity index is 1300. The van der Waals surface area contributed by atoms with Gasteiger partial charge in [0.15, 0.2) is 5.54 Å². The number of aromatic nitrogens is 1. The van der Waals surface area contributed by atoms with Crippen LogP contribution in [-0.4, -0.2) is 48.1 Å². The van der Waals surface area contributed by atoms with Crippen LogP contribution in [0.2, 0.25) is 0 Å². The van der Waals surface area contributed by atoms with Crippen molar-refractivity contribution in [3.05, 3.63) is 59.1 Å². The first-order valence-electron chi connectivity index (χ1n) is 9.85. The summed E-state index contributed by atoms with van der Waals surface area (Å²) in [5.41, 5.74) is 0.838. The van der Waals surface area contributed by atoms with E-state index in [0.29, 0.717) is 28.0 Å². The number of aliphatic imine (C=N–C) groups is 1. The molecule has 0 aliphatic carbocycles. The molecule has 2 N–H and O–H groups in total. The molecule has 0 spiro atoms. The van der Waals surface area contributed by atoms with Crippen LogP contribution in [0.25, 0.3) is 11.0 Å². The highest BCUT2D eigenvalue weighted by Crippen LogP contribution is 2.35. The summed E-state index contributed by atoms with van der Waals surface area (Å²) in [7, 11) is 1.53. The van der Waals surface area contributed by atoms with Crippen molar-refractivity contribution < 1.29 is 23.5 Å². The molecule has 4 heterocycles. The van der Waals surface area contributed by atoms with E-state index < -0.39 is 17.5 Å². The predicted molar refractivity (Wildman–Crippen MR) is 113 cm³/mol. The lowest BCUT2D eigenvalue weighted by Crippen LogP contribution is -2.52. The molecule has 5 rings (SSSR count). The van der Waals surface area contributed by atoms with E-state index >= 15 is 0 Å². The number of amides is 4. The number of carbonyl (C=O) groups is 3. The van der Waals surface area contributed by atoms with Gasteiger partial charge >= 0.3 is 6.03 Å². The fourth-order valence-electron chi connectivity index (χ4n) is 4.20. The minimum absolute atomic E-state index is 0.108. The molecule has 162 valence electrons. The van der Waals surface area contributed by atoms with E-state index in [1.165, 1.54) is 12.0 Å². The zero-order chi connectivity index (χ0) is 22.5. The van der Waals surface area contributed by atoms with Gasteiger partial charge in [-0.3, -0.25) is 24.9 Å². The second kappa shape index (κ2) is 7.19. The topological polar surface area (TPSA) is 126 Å². The largest absolute Gasteiger partial charge is 0.497 e. The minimum atomic E-state index is -1.59. The summed E-state index contributed by atoms with van der Waals surface area (Å²) >= 11 is 0. The van der Waals surface area contributed by atoms with E-state index in [4.69, 9.17) is 9.15 Å². The monoisotopic (exact) mass is 433 g/mol. The Morgan fingerprint density at radius 1 is 1.28 bits per heavy atom. The molecule has 10 nitrogen and oxygen atoms in total. The van der Waals surface area contributed by atoms with Crippen LogP contribution in [0.5, 0.6) is 5.75 Å². The predicted octanol–water partition coefficient (Wildman–Crippen LogP) is 1.73. The minimum Gasteiger partial charge on any atom is -0.497 e. The number of nitrogens with one attached hydrogen (secondary N) is 2. The third kappa shape index (κ3) is 2.91. The average molecular weight is 433 g/mol. The van der Waals surface area contributed by atoms with Gasteiger partial charge in [-0.05, 0) is 36.5 Å². The number of methoxy groups -OCH3 is 1. The number of ether oxygens (including phenoxy) is 1. The maximum absolute atomic E-state index is 13.1. The van der Waals surface area contributed by atoms with Crippen molar-refractivity contribution in [2.24, 2.45) is 4.99 Å². The van der Waals surface area contributed by atoms with Crippen molar-refractivity contribution in [3.63, 3.8) is 0 Å². The third-order valence-corrected chi connectivity index (χ3v) is 5.78. The smallest absolute Gasteiger partial charge is 0.322 e. The molecule has 2 aromatic heterocycles. The molecular formula is C22H19N5O5. The number of nitrogens with zero attached hydrogens (tertiary/aromatic N) is 3. The number of rotatable bonds is 6. The van der Waals surface area contributed by atoms with Crippen LogP contribution >= 0.6 is 0 Å². The summed E-state index contributed by atoms with van der Waals surface area (Å²) in [6.45, 7) is 3.94. The Kier molecular flexibility index (Phi) is 4.43. The number of urea groups is 1. The van der Waals surface area contributed by atoms with Crippen LogP contribution in [0.4, 0.5) is 4.79 Å². The van der Waals surface area contributed by atoms with Gasteiger partial charge in [0.2, 0.25) is 0 Å². The van der Waals surface area contributed by atoms with Gasteiger partial charge in [-0.15, -0.1) is 0 Å². The Morgan fingerprint density at radius 2 is 2.12 bits per heavy atom. The Hall–Kier alpha value is -4.21. The molecule has 10 heteroatoms. The lowest BCUT2D eigenvalue weighted by Gasteiger charge is -2.29. The standard InChI is InChI=1S/C22H19N5O5/c1-23-9-16-15-8-18(32-17(15)5-6-24-16)22(20(29)25-21(30)26-22)11-27-10-12-3-4-13(31-2)7-14(12)19(27)28/h3-8H,1,9-11H2,2H3,(H2,25,26,29,30). The van der Waals surface area contributed by atoms with E-state index in [-0.39, 0.29) is 31.3 Å². The second-order valence-corrected chi connectivity index (χ2v) is 7.66. The molecule has 1 aromatic carbocycles.